The number of imidazole rings is 1. The first kappa shape index (κ1) is 9.20. The predicted octanol–water partition coefficient (Wildman–Crippen LogP) is 0.959. The lowest BCUT2D eigenvalue weighted by molar-refractivity contribution is 0.0652. The van der Waals surface area contributed by atoms with Gasteiger partial charge < -0.3 is 15.2 Å². The Morgan fingerprint density at radius 3 is 2.33 bits per heavy atom. The third-order valence-electron chi connectivity index (χ3n) is 2.02. The number of rotatable bonds is 2. The summed E-state index contributed by atoms with van der Waals surface area (Å²) in [4.78, 5) is 28.1. The number of benzene rings is 1. The largest absolute Gasteiger partial charge is 0.478 e. The Morgan fingerprint density at radius 1 is 1.13 bits per heavy atom. The van der Waals surface area contributed by atoms with Crippen LogP contribution in [0.15, 0.2) is 18.5 Å². The molecule has 3 N–H and O–H groups in total. The quantitative estimate of drug-likeness (QED) is 0.678. The van der Waals surface area contributed by atoms with E-state index >= 15 is 0 Å². The summed E-state index contributed by atoms with van der Waals surface area (Å²) < 4.78 is 0. The molecular weight excluding hydrogens is 200 g/mol. The highest BCUT2D eigenvalue weighted by atomic mass is 16.4. The van der Waals surface area contributed by atoms with E-state index in [-0.39, 0.29) is 11.1 Å². The van der Waals surface area contributed by atoms with Gasteiger partial charge in [0.1, 0.15) is 0 Å². The van der Waals surface area contributed by atoms with Gasteiger partial charge >= 0.3 is 11.9 Å². The molecule has 0 unspecified atom stereocenters. The Morgan fingerprint density at radius 2 is 1.73 bits per heavy atom. The molecule has 2 aromatic rings. The zero-order chi connectivity index (χ0) is 11.0. The van der Waals surface area contributed by atoms with Crippen molar-refractivity contribution >= 4 is 23.0 Å². The molecule has 0 saturated heterocycles. The average molecular weight is 206 g/mol. The maximum Gasteiger partial charge on any atom is 0.336 e. The van der Waals surface area contributed by atoms with Gasteiger partial charge in [-0.15, -0.1) is 0 Å². The number of carboxylic acid groups (broad SMARTS) is 2. The van der Waals surface area contributed by atoms with E-state index in [0.717, 1.165) is 0 Å². The van der Waals surface area contributed by atoms with E-state index in [1.165, 1.54) is 18.5 Å². The summed E-state index contributed by atoms with van der Waals surface area (Å²) in [5.41, 5.74) is 0.413. The van der Waals surface area contributed by atoms with E-state index in [1.807, 2.05) is 0 Å². The number of aromatic nitrogens is 2. The number of hydrogen-bond donors (Lipinski definition) is 3. The topological polar surface area (TPSA) is 103 Å². The second-order valence-corrected chi connectivity index (χ2v) is 2.93. The van der Waals surface area contributed by atoms with Gasteiger partial charge in [0.15, 0.2) is 0 Å². The highest BCUT2D eigenvalue weighted by Gasteiger charge is 2.17. The minimum absolute atomic E-state index is 0.251. The van der Waals surface area contributed by atoms with Crippen LogP contribution < -0.4 is 0 Å². The molecule has 0 fully saturated rings. The smallest absolute Gasteiger partial charge is 0.336 e. The van der Waals surface area contributed by atoms with Crippen molar-refractivity contribution in [2.75, 3.05) is 0 Å². The maximum atomic E-state index is 10.8. The van der Waals surface area contributed by atoms with Crippen LogP contribution in [0.4, 0.5) is 0 Å². The molecule has 0 spiro atoms. The first-order valence-electron chi connectivity index (χ1n) is 4.03. The van der Waals surface area contributed by atoms with Gasteiger partial charge in [-0.05, 0) is 12.1 Å². The molecule has 0 bridgehead atoms. The molecule has 2 rings (SSSR count). The van der Waals surface area contributed by atoms with Gasteiger partial charge in [0.05, 0.1) is 28.5 Å². The summed E-state index contributed by atoms with van der Waals surface area (Å²) in [6.07, 6.45) is 1.38. The molecule has 76 valence electrons. The normalized spacial score (nSPS) is 10.4. The number of fused-ring (bicyclic) bond motifs is 1. The summed E-state index contributed by atoms with van der Waals surface area (Å²) in [5, 5.41) is 17.6. The van der Waals surface area contributed by atoms with Crippen molar-refractivity contribution < 1.29 is 19.8 Å². The molecule has 1 aromatic heterocycles. The number of nitrogens with zero attached hydrogens (tertiary/aromatic N) is 1. The first-order valence-corrected chi connectivity index (χ1v) is 4.03. The van der Waals surface area contributed by atoms with Crippen LogP contribution in [0.2, 0.25) is 0 Å². The van der Waals surface area contributed by atoms with E-state index in [9.17, 15) is 9.59 Å². The van der Waals surface area contributed by atoms with E-state index in [0.29, 0.717) is 11.0 Å². The van der Waals surface area contributed by atoms with Gasteiger partial charge in [0.2, 0.25) is 0 Å². The monoisotopic (exact) mass is 206 g/mol. The Balaban J connectivity index is 2.79. The van der Waals surface area contributed by atoms with Crippen molar-refractivity contribution in [2.45, 2.75) is 0 Å². The maximum absolute atomic E-state index is 10.8. The molecule has 0 radical (unpaired) electrons. The van der Waals surface area contributed by atoms with Crippen LogP contribution in [0.3, 0.4) is 0 Å². The number of carboxylic acids is 2. The summed E-state index contributed by atoms with van der Waals surface area (Å²) in [6, 6.07) is 2.49. The summed E-state index contributed by atoms with van der Waals surface area (Å²) in [7, 11) is 0. The van der Waals surface area contributed by atoms with Crippen LogP contribution in [-0.2, 0) is 0 Å². The lowest BCUT2D eigenvalue weighted by Gasteiger charge is -2.00. The molecule has 0 saturated carbocycles. The number of aromatic carboxylic acids is 2. The minimum atomic E-state index is -1.28. The zero-order valence-electron chi connectivity index (χ0n) is 7.39. The zero-order valence-corrected chi connectivity index (χ0v) is 7.39. The molecule has 6 nitrogen and oxygen atoms in total. The third kappa shape index (κ3) is 1.41. The van der Waals surface area contributed by atoms with Gasteiger partial charge in [-0.2, -0.15) is 0 Å². The molecule has 0 aliphatic heterocycles. The number of aromatic amines is 1. The van der Waals surface area contributed by atoms with Crippen molar-refractivity contribution in [3.63, 3.8) is 0 Å². The fourth-order valence-electron chi connectivity index (χ4n) is 1.34. The third-order valence-corrected chi connectivity index (χ3v) is 2.02. The van der Waals surface area contributed by atoms with Crippen LogP contribution in [0.5, 0.6) is 0 Å². The first-order chi connectivity index (χ1) is 7.09. The number of H-pyrrole nitrogens is 1. The van der Waals surface area contributed by atoms with E-state index < -0.39 is 11.9 Å². The summed E-state index contributed by atoms with van der Waals surface area (Å²) in [5.74, 6) is -2.55. The van der Waals surface area contributed by atoms with Crippen molar-refractivity contribution in [1.82, 2.24) is 9.97 Å². The lowest BCUT2D eigenvalue weighted by Crippen LogP contribution is -2.07. The fourth-order valence-corrected chi connectivity index (χ4v) is 1.34. The summed E-state index contributed by atoms with van der Waals surface area (Å²) in [6.45, 7) is 0. The van der Waals surface area contributed by atoms with Crippen LogP contribution in [0.1, 0.15) is 20.7 Å². The van der Waals surface area contributed by atoms with Crippen LogP contribution >= 0.6 is 0 Å². The van der Waals surface area contributed by atoms with Crippen molar-refractivity contribution in [3.8, 4) is 0 Å². The predicted molar refractivity (Wildman–Crippen MR) is 50.0 cm³/mol. The van der Waals surface area contributed by atoms with Crippen molar-refractivity contribution in [1.29, 1.82) is 0 Å². The van der Waals surface area contributed by atoms with Gasteiger partial charge in [0.25, 0.3) is 0 Å². The Hall–Kier alpha value is -2.37. The highest BCUT2D eigenvalue weighted by molar-refractivity contribution is 6.05. The minimum Gasteiger partial charge on any atom is -0.478 e. The van der Waals surface area contributed by atoms with Crippen LogP contribution in [0, 0.1) is 0 Å². The van der Waals surface area contributed by atoms with Crippen LogP contribution in [-0.4, -0.2) is 32.1 Å². The molecule has 1 aromatic carbocycles. The molecule has 6 heteroatoms. The van der Waals surface area contributed by atoms with Gasteiger partial charge in [0, 0.05) is 0 Å². The lowest BCUT2D eigenvalue weighted by atomic mass is 10.1. The van der Waals surface area contributed by atoms with Crippen molar-refractivity contribution in [2.24, 2.45) is 0 Å². The van der Waals surface area contributed by atoms with E-state index in [2.05, 4.69) is 9.97 Å². The SMILES string of the molecule is O=C(O)c1cc2nc[nH]c2cc1C(=O)O. The molecule has 0 aliphatic rings. The number of hydrogen-bond acceptors (Lipinski definition) is 3. The molecular formula is C9H6N2O4. The molecule has 1 heterocycles. The second-order valence-electron chi connectivity index (χ2n) is 2.93. The van der Waals surface area contributed by atoms with Crippen molar-refractivity contribution in [3.05, 3.63) is 29.6 Å². The molecule has 15 heavy (non-hydrogen) atoms. The second kappa shape index (κ2) is 3.09. The average Bonchev–Trinajstić information content (AvgIpc) is 2.61. The Bertz CT molecular complexity index is 510. The number of carbonyl (C=O) groups is 2. The van der Waals surface area contributed by atoms with Gasteiger partial charge in [-0.1, -0.05) is 0 Å². The van der Waals surface area contributed by atoms with E-state index in [1.54, 1.807) is 0 Å². The standard InChI is InChI=1S/C9H6N2O4/c12-8(13)4-1-6-7(11-3-10-6)2-5(4)9(14)15/h1-3H,(H,10,11)(H,12,13)(H,14,15). The van der Waals surface area contributed by atoms with Gasteiger partial charge in [-0.3, -0.25) is 0 Å². The Labute approximate surface area is 83.2 Å². The Kier molecular flexibility index (Phi) is 1.89. The summed E-state index contributed by atoms with van der Waals surface area (Å²) >= 11 is 0. The molecule has 0 atom stereocenters. The fraction of sp³-hybridized carbons (Fsp3) is 0. The molecule has 0 aliphatic carbocycles. The van der Waals surface area contributed by atoms with Crippen LogP contribution in [0.25, 0.3) is 11.0 Å². The number of nitrogens with one attached hydrogen (secondary N) is 1. The van der Waals surface area contributed by atoms with Gasteiger partial charge in [-0.25, -0.2) is 14.6 Å². The highest BCUT2D eigenvalue weighted by Crippen LogP contribution is 2.17. The van der Waals surface area contributed by atoms with E-state index in [4.69, 9.17) is 10.2 Å². The molecule has 0 amide bonds.